The van der Waals surface area contributed by atoms with Gasteiger partial charge in [0.1, 0.15) is 10.8 Å². The van der Waals surface area contributed by atoms with Gasteiger partial charge in [-0.2, -0.15) is 0 Å². The van der Waals surface area contributed by atoms with Crippen molar-refractivity contribution in [3.8, 4) is 0 Å². The number of likely N-dealkylation sites (tertiary alicyclic amines) is 1. The molecule has 2 atom stereocenters. The maximum absolute atomic E-state index is 13.8. The predicted octanol–water partition coefficient (Wildman–Crippen LogP) is 2.41. The lowest BCUT2D eigenvalue weighted by Gasteiger charge is -2.16. The van der Waals surface area contributed by atoms with Crippen molar-refractivity contribution in [2.45, 2.75) is 6.92 Å². The van der Waals surface area contributed by atoms with Crippen LogP contribution < -0.4 is 0 Å². The summed E-state index contributed by atoms with van der Waals surface area (Å²) in [6.07, 6.45) is 0. The molecule has 20 heavy (non-hydrogen) atoms. The second kappa shape index (κ2) is 5.36. The van der Waals surface area contributed by atoms with Crippen molar-refractivity contribution in [2.75, 3.05) is 13.1 Å². The van der Waals surface area contributed by atoms with Gasteiger partial charge in [-0.1, -0.05) is 18.5 Å². The molecule has 0 aliphatic carbocycles. The van der Waals surface area contributed by atoms with Gasteiger partial charge in [-0.25, -0.2) is 8.78 Å². The SMILES string of the molecule is C[C@@H]1CN(C(=O)c2ccc(F)c(Cl)c2F)C[C@H]1C(=O)O. The molecule has 1 aliphatic heterocycles. The summed E-state index contributed by atoms with van der Waals surface area (Å²) >= 11 is 5.43. The molecule has 0 saturated carbocycles. The Morgan fingerprint density at radius 3 is 2.55 bits per heavy atom. The smallest absolute Gasteiger partial charge is 0.308 e. The summed E-state index contributed by atoms with van der Waals surface area (Å²) in [7, 11) is 0. The third-order valence-electron chi connectivity index (χ3n) is 3.48. The molecule has 4 nitrogen and oxygen atoms in total. The van der Waals surface area contributed by atoms with Crippen molar-refractivity contribution in [3.05, 3.63) is 34.4 Å². The molecule has 0 bridgehead atoms. The first-order chi connectivity index (χ1) is 9.32. The first-order valence-electron chi connectivity index (χ1n) is 5.98. The molecule has 1 aromatic rings. The minimum absolute atomic E-state index is 0.00374. The van der Waals surface area contributed by atoms with Gasteiger partial charge in [0.15, 0.2) is 5.82 Å². The number of halogens is 3. The van der Waals surface area contributed by atoms with Crippen molar-refractivity contribution in [1.29, 1.82) is 0 Å². The van der Waals surface area contributed by atoms with Crippen LogP contribution in [0.25, 0.3) is 0 Å². The summed E-state index contributed by atoms with van der Waals surface area (Å²) in [4.78, 5) is 24.4. The highest BCUT2D eigenvalue weighted by Crippen LogP contribution is 2.27. The molecule has 0 radical (unpaired) electrons. The van der Waals surface area contributed by atoms with Crippen molar-refractivity contribution in [3.63, 3.8) is 0 Å². The van der Waals surface area contributed by atoms with Gasteiger partial charge in [-0.15, -0.1) is 0 Å². The van der Waals surface area contributed by atoms with Gasteiger partial charge in [0.25, 0.3) is 5.91 Å². The van der Waals surface area contributed by atoms with E-state index in [0.717, 1.165) is 12.1 Å². The fraction of sp³-hybridized carbons (Fsp3) is 0.385. The molecular formula is C13H12ClF2NO3. The van der Waals surface area contributed by atoms with E-state index in [1.54, 1.807) is 6.92 Å². The van der Waals surface area contributed by atoms with Crippen molar-refractivity contribution >= 4 is 23.5 Å². The molecule has 108 valence electrons. The zero-order valence-corrected chi connectivity index (χ0v) is 11.3. The number of hydrogen-bond acceptors (Lipinski definition) is 2. The fourth-order valence-corrected chi connectivity index (χ4v) is 2.48. The van der Waals surface area contributed by atoms with E-state index in [-0.39, 0.29) is 24.6 Å². The zero-order valence-electron chi connectivity index (χ0n) is 10.6. The van der Waals surface area contributed by atoms with E-state index in [9.17, 15) is 18.4 Å². The highest BCUT2D eigenvalue weighted by atomic mass is 35.5. The van der Waals surface area contributed by atoms with Crippen LogP contribution in [0.2, 0.25) is 5.02 Å². The van der Waals surface area contributed by atoms with Crippen LogP contribution in [-0.2, 0) is 4.79 Å². The molecule has 0 aromatic heterocycles. The van der Waals surface area contributed by atoms with Crippen LogP contribution in [0.5, 0.6) is 0 Å². The quantitative estimate of drug-likeness (QED) is 0.854. The van der Waals surface area contributed by atoms with Gasteiger partial charge >= 0.3 is 5.97 Å². The molecule has 7 heteroatoms. The molecule has 1 aliphatic rings. The number of hydrogen-bond donors (Lipinski definition) is 1. The van der Waals surface area contributed by atoms with Crippen LogP contribution in [0.4, 0.5) is 8.78 Å². The van der Waals surface area contributed by atoms with Gasteiger partial charge < -0.3 is 10.0 Å². The van der Waals surface area contributed by atoms with Gasteiger partial charge in [-0.3, -0.25) is 9.59 Å². The molecule has 1 fully saturated rings. The molecule has 2 rings (SSSR count). The minimum atomic E-state index is -1.12. The number of carbonyl (C=O) groups is 2. The second-order valence-corrected chi connectivity index (χ2v) is 5.23. The number of amides is 1. The van der Waals surface area contributed by atoms with E-state index in [4.69, 9.17) is 16.7 Å². The molecule has 1 aromatic carbocycles. The predicted molar refractivity (Wildman–Crippen MR) is 67.6 cm³/mol. The van der Waals surface area contributed by atoms with Crippen LogP contribution in [0, 0.1) is 23.5 Å². The average molecular weight is 304 g/mol. The van der Waals surface area contributed by atoms with Crippen molar-refractivity contribution in [1.82, 2.24) is 4.90 Å². The minimum Gasteiger partial charge on any atom is -0.481 e. The Bertz CT molecular complexity index is 579. The fourth-order valence-electron chi connectivity index (χ4n) is 2.32. The largest absolute Gasteiger partial charge is 0.481 e. The average Bonchev–Trinajstić information content (AvgIpc) is 2.78. The zero-order chi connectivity index (χ0) is 15.0. The third kappa shape index (κ3) is 2.47. The lowest BCUT2D eigenvalue weighted by molar-refractivity contribution is -0.142. The number of benzene rings is 1. The van der Waals surface area contributed by atoms with Crippen LogP contribution in [0.15, 0.2) is 12.1 Å². The Hall–Kier alpha value is -1.69. The number of rotatable bonds is 2. The molecule has 1 heterocycles. The molecule has 0 spiro atoms. The third-order valence-corrected chi connectivity index (χ3v) is 3.83. The summed E-state index contributed by atoms with van der Waals surface area (Å²) in [6, 6.07) is 1.92. The van der Waals surface area contributed by atoms with E-state index in [1.807, 2.05) is 0 Å². The van der Waals surface area contributed by atoms with Crippen LogP contribution in [0.3, 0.4) is 0 Å². The second-order valence-electron chi connectivity index (χ2n) is 4.86. The number of nitrogens with zero attached hydrogens (tertiary/aromatic N) is 1. The maximum atomic E-state index is 13.8. The first-order valence-corrected chi connectivity index (χ1v) is 6.36. The van der Waals surface area contributed by atoms with Gasteiger partial charge in [0.2, 0.25) is 0 Å². The Labute approximate surface area is 118 Å². The van der Waals surface area contributed by atoms with Crippen LogP contribution >= 0.6 is 11.6 Å². The highest BCUT2D eigenvalue weighted by Gasteiger charge is 2.38. The van der Waals surface area contributed by atoms with Gasteiger partial charge in [0, 0.05) is 13.1 Å². The molecule has 1 amide bonds. The Morgan fingerprint density at radius 2 is 2.00 bits per heavy atom. The Morgan fingerprint density at radius 1 is 1.35 bits per heavy atom. The van der Waals surface area contributed by atoms with Gasteiger partial charge in [-0.05, 0) is 18.1 Å². The summed E-state index contributed by atoms with van der Waals surface area (Å²) in [5.74, 6) is -4.65. The van der Waals surface area contributed by atoms with E-state index < -0.39 is 34.5 Å². The number of carboxylic acids is 1. The van der Waals surface area contributed by atoms with Crippen molar-refractivity contribution < 1.29 is 23.5 Å². The summed E-state index contributed by atoms with van der Waals surface area (Å²) in [6.45, 7) is 1.92. The van der Waals surface area contributed by atoms with E-state index in [0.29, 0.717) is 0 Å². The highest BCUT2D eigenvalue weighted by molar-refractivity contribution is 6.31. The van der Waals surface area contributed by atoms with E-state index in [2.05, 4.69) is 0 Å². The topological polar surface area (TPSA) is 57.6 Å². The lowest BCUT2D eigenvalue weighted by Crippen LogP contribution is -2.30. The normalized spacial score (nSPS) is 22.1. The van der Waals surface area contributed by atoms with E-state index in [1.165, 1.54) is 4.90 Å². The molecule has 1 saturated heterocycles. The monoisotopic (exact) mass is 303 g/mol. The van der Waals surface area contributed by atoms with Gasteiger partial charge in [0.05, 0.1) is 11.5 Å². The first kappa shape index (κ1) is 14.7. The summed E-state index contributed by atoms with van der Waals surface area (Å²) < 4.78 is 26.8. The molecular weight excluding hydrogens is 292 g/mol. The van der Waals surface area contributed by atoms with E-state index >= 15 is 0 Å². The van der Waals surface area contributed by atoms with Crippen LogP contribution in [0.1, 0.15) is 17.3 Å². The number of aliphatic carboxylic acids is 1. The number of carboxylic acid groups (broad SMARTS) is 1. The summed E-state index contributed by atoms with van der Waals surface area (Å²) in [5.41, 5.74) is -0.352. The summed E-state index contributed by atoms with van der Waals surface area (Å²) in [5, 5.41) is 8.27. The maximum Gasteiger partial charge on any atom is 0.308 e. The number of carbonyl (C=O) groups excluding carboxylic acids is 1. The lowest BCUT2D eigenvalue weighted by atomic mass is 9.99. The standard InChI is InChI=1S/C13H12ClF2NO3/c1-6-4-17(5-8(6)13(19)20)12(18)7-2-3-9(15)10(14)11(7)16/h2-3,6,8H,4-5H2,1H3,(H,19,20)/t6-,8-/m1/s1. The van der Waals surface area contributed by atoms with Crippen molar-refractivity contribution in [2.24, 2.45) is 11.8 Å². The van der Waals surface area contributed by atoms with Crippen LogP contribution in [-0.4, -0.2) is 35.0 Å². The Balaban J connectivity index is 2.26. The molecule has 0 unspecified atom stereocenters. The Kier molecular flexibility index (Phi) is 3.94. The molecule has 1 N–H and O–H groups in total.